The molecule has 0 aliphatic heterocycles. The van der Waals surface area contributed by atoms with Crippen molar-refractivity contribution in [2.45, 2.75) is 38.5 Å². The molecule has 118 valence electrons. The Labute approximate surface area is 129 Å². The average Bonchev–Trinajstić information content (AvgIpc) is 3.29. The molecule has 6 nitrogen and oxygen atoms in total. The monoisotopic (exact) mass is 302 g/mol. The number of rotatable bonds is 7. The Hall–Kier alpha value is -1.95. The van der Waals surface area contributed by atoms with Crippen LogP contribution in [0.15, 0.2) is 10.6 Å². The molecule has 1 fully saturated rings. The van der Waals surface area contributed by atoms with Crippen LogP contribution in [0.1, 0.15) is 53.8 Å². The molecule has 0 unspecified atom stereocenters. The van der Waals surface area contributed by atoms with Crippen LogP contribution in [0.25, 0.3) is 11.1 Å². The van der Waals surface area contributed by atoms with Crippen LogP contribution in [0.4, 0.5) is 0 Å². The van der Waals surface area contributed by atoms with E-state index in [1.807, 2.05) is 13.1 Å². The maximum absolute atomic E-state index is 12.5. The van der Waals surface area contributed by atoms with Gasteiger partial charge in [-0.05, 0) is 32.4 Å². The molecule has 1 amide bonds. The fraction of sp³-hybridized carbons (Fsp3) is 0.562. The Morgan fingerprint density at radius 3 is 2.91 bits per heavy atom. The molecule has 2 heterocycles. The Balaban J connectivity index is 1.99. The third kappa shape index (κ3) is 2.97. The van der Waals surface area contributed by atoms with Crippen LogP contribution in [-0.2, 0) is 6.42 Å². The Morgan fingerprint density at radius 1 is 1.41 bits per heavy atom. The molecule has 0 saturated heterocycles. The van der Waals surface area contributed by atoms with Crippen LogP contribution in [0.3, 0.4) is 0 Å². The van der Waals surface area contributed by atoms with Gasteiger partial charge in [0.1, 0.15) is 0 Å². The van der Waals surface area contributed by atoms with Crippen molar-refractivity contribution in [2.75, 3.05) is 20.1 Å². The molecule has 1 saturated carbocycles. The SMILES string of the molecule is CCCc1noc2nc(C3CC3)cc(C(=O)NCCNC)c12. The van der Waals surface area contributed by atoms with Crippen molar-refractivity contribution >= 4 is 17.0 Å². The summed E-state index contributed by atoms with van der Waals surface area (Å²) in [5.41, 5.74) is 2.91. The maximum Gasteiger partial charge on any atom is 0.259 e. The third-order valence-electron chi connectivity index (χ3n) is 3.92. The first-order valence-electron chi connectivity index (χ1n) is 7.96. The predicted molar refractivity (Wildman–Crippen MR) is 84.0 cm³/mol. The summed E-state index contributed by atoms with van der Waals surface area (Å²) in [5, 5.41) is 10.8. The Kier molecular flexibility index (Phi) is 4.38. The molecular formula is C16H22N4O2. The molecular weight excluding hydrogens is 280 g/mol. The number of aromatic nitrogens is 2. The quantitative estimate of drug-likeness (QED) is 0.765. The summed E-state index contributed by atoms with van der Waals surface area (Å²) in [4.78, 5) is 17.1. The fourth-order valence-electron chi connectivity index (χ4n) is 2.60. The first-order chi connectivity index (χ1) is 10.7. The number of pyridine rings is 1. The zero-order valence-corrected chi connectivity index (χ0v) is 13.1. The zero-order valence-electron chi connectivity index (χ0n) is 13.1. The summed E-state index contributed by atoms with van der Waals surface area (Å²) >= 11 is 0. The van der Waals surface area contributed by atoms with Crippen molar-refractivity contribution in [3.8, 4) is 0 Å². The number of carbonyl (C=O) groups is 1. The first kappa shape index (κ1) is 15.0. The van der Waals surface area contributed by atoms with E-state index in [4.69, 9.17) is 4.52 Å². The van der Waals surface area contributed by atoms with Crippen molar-refractivity contribution in [1.82, 2.24) is 20.8 Å². The van der Waals surface area contributed by atoms with Crippen molar-refractivity contribution < 1.29 is 9.32 Å². The van der Waals surface area contributed by atoms with E-state index in [0.717, 1.165) is 49.0 Å². The van der Waals surface area contributed by atoms with Gasteiger partial charge < -0.3 is 15.2 Å². The number of likely N-dealkylation sites (N-methyl/N-ethyl adjacent to an activating group) is 1. The molecule has 0 spiro atoms. The second-order valence-corrected chi connectivity index (χ2v) is 5.79. The van der Waals surface area contributed by atoms with Gasteiger partial charge in [0, 0.05) is 24.7 Å². The minimum absolute atomic E-state index is 0.0786. The Morgan fingerprint density at radius 2 is 2.23 bits per heavy atom. The van der Waals surface area contributed by atoms with Gasteiger partial charge in [0.2, 0.25) is 0 Å². The molecule has 0 radical (unpaired) electrons. The van der Waals surface area contributed by atoms with Gasteiger partial charge in [-0.3, -0.25) is 4.79 Å². The van der Waals surface area contributed by atoms with E-state index in [1.165, 1.54) is 0 Å². The van der Waals surface area contributed by atoms with E-state index < -0.39 is 0 Å². The average molecular weight is 302 g/mol. The van der Waals surface area contributed by atoms with Gasteiger partial charge in [0.15, 0.2) is 0 Å². The molecule has 2 aromatic rings. The van der Waals surface area contributed by atoms with Crippen molar-refractivity contribution in [2.24, 2.45) is 0 Å². The number of hydrogen-bond acceptors (Lipinski definition) is 5. The number of nitrogens with zero attached hydrogens (tertiary/aromatic N) is 2. The standard InChI is InChI=1S/C16H22N4O2/c1-3-4-12-14-11(15(21)18-8-7-17-2)9-13(10-5-6-10)19-16(14)22-20-12/h9-10,17H,3-8H2,1-2H3,(H,18,21). The molecule has 1 aliphatic carbocycles. The highest BCUT2D eigenvalue weighted by Crippen LogP contribution is 2.40. The first-order valence-corrected chi connectivity index (χ1v) is 7.96. The molecule has 6 heteroatoms. The molecule has 1 aliphatic rings. The van der Waals surface area contributed by atoms with Crippen LogP contribution < -0.4 is 10.6 Å². The fourth-order valence-corrected chi connectivity index (χ4v) is 2.60. The van der Waals surface area contributed by atoms with Crippen LogP contribution in [0, 0.1) is 0 Å². The van der Waals surface area contributed by atoms with Gasteiger partial charge in [0.05, 0.1) is 16.6 Å². The molecule has 0 aromatic carbocycles. The predicted octanol–water partition coefficient (Wildman–Crippen LogP) is 2.00. The van der Waals surface area contributed by atoms with Gasteiger partial charge in [0.25, 0.3) is 11.6 Å². The van der Waals surface area contributed by atoms with Gasteiger partial charge >= 0.3 is 0 Å². The topological polar surface area (TPSA) is 80.0 Å². The lowest BCUT2D eigenvalue weighted by molar-refractivity contribution is 0.0955. The zero-order chi connectivity index (χ0) is 15.5. The van der Waals surface area contributed by atoms with Gasteiger partial charge in [-0.2, -0.15) is 0 Å². The molecule has 0 bridgehead atoms. The Bertz CT molecular complexity index is 676. The maximum atomic E-state index is 12.5. The van der Waals surface area contributed by atoms with Crippen LogP contribution in [0.2, 0.25) is 0 Å². The summed E-state index contributed by atoms with van der Waals surface area (Å²) in [7, 11) is 1.86. The van der Waals surface area contributed by atoms with Gasteiger partial charge in [-0.1, -0.05) is 18.5 Å². The van der Waals surface area contributed by atoms with E-state index in [1.54, 1.807) is 0 Å². The number of fused-ring (bicyclic) bond motifs is 1. The molecule has 22 heavy (non-hydrogen) atoms. The van der Waals surface area contributed by atoms with Crippen LogP contribution >= 0.6 is 0 Å². The number of carbonyl (C=O) groups excluding carboxylic acids is 1. The highest BCUT2D eigenvalue weighted by atomic mass is 16.5. The van der Waals surface area contributed by atoms with E-state index >= 15 is 0 Å². The number of aryl methyl sites for hydroxylation is 1. The minimum atomic E-state index is -0.0786. The molecule has 2 aromatic heterocycles. The van der Waals surface area contributed by atoms with Gasteiger partial charge in [-0.25, -0.2) is 4.98 Å². The summed E-state index contributed by atoms with van der Waals surface area (Å²) in [5.74, 6) is 0.387. The lowest BCUT2D eigenvalue weighted by Crippen LogP contribution is -2.30. The highest BCUT2D eigenvalue weighted by molar-refractivity contribution is 6.06. The number of hydrogen-bond donors (Lipinski definition) is 2. The van der Waals surface area contributed by atoms with Gasteiger partial charge in [-0.15, -0.1) is 0 Å². The van der Waals surface area contributed by atoms with E-state index in [2.05, 4.69) is 27.7 Å². The van der Waals surface area contributed by atoms with Crippen LogP contribution in [0.5, 0.6) is 0 Å². The lowest BCUT2D eigenvalue weighted by Gasteiger charge is -2.08. The van der Waals surface area contributed by atoms with E-state index in [-0.39, 0.29) is 5.91 Å². The number of nitrogens with one attached hydrogen (secondary N) is 2. The van der Waals surface area contributed by atoms with Crippen molar-refractivity contribution in [3.63, 3.8) is 0 Å². The van der Waals surface area contributed by atoms with Crippen LogP contribution in [-0.4, -0.2) is 36.2 Å². The molecule has 2 N–H and O–H groups in total. The molecule has 0 atom stereocenters. The van der Waals surface area contributed by atoms with E-state index in [9.17, 15) is 4.79 Å². The number of amides is 1. The smallest absolute Gasteiger partial charge is 0.259 e. The highest BCUT2D eigenvalue weighted by Gasteiger charge is 2.28. The van der Waals surface area contributed by atoms with Crippen molar-refractivity contribution in [3.05, 3.63) is 23.0 Å². The second-order valence-electron chi connectivity index (χ2n) is 5.79. The summed E-state index contributed by atoms with van der Waals surface area (Å²) in [6.07, 6.45) is 4.01. The summed E-state index contributed by atoms with van der Waals surface area (Å²) in [6, 6.07) is 1.92. The molecule has 3 rings (SSSR count). The second kappa shape index (κ2) is 6.44. The summed E-state index contributed by atoms with van der Waals surface area (Å²) < 4.78 is 5.38. The van der Waals surface area contributed by atoms with Crippen molar-refractivity contribution in [1.29, 1.82) is 0 Å². The third-order valence-corrected chi connectivity index (χ3v) is 3.92. The normalized spacial score (nSPS) is 14.5. The van der Waals surface area contributed by atoms with E-state index in [0.29, 0.717) is 23.7 Å². The summed E-state index contributed by atoms with van der Waals surface area (Å²) in [6.45, 7) is 3.41. The largest absolute Gasteiger partial charge is 0.351 e. The lowest BCUT2D eigenvalue weighted by atomic mass is 10.1. The minimum Gasteiger partial charge on any atom is -0.351 e.